The maximum atomic E-state index is 12.8. The minimum atomic E-state index is -0.397. The highest BCUT2D eigenvalue weighted by atomic mass is 32.1. The molecular weight excluding hydrogens is 424 g/mol. The Hall–Kier alpha value is -2.55. The van der Waals surface area contributed by atoms with Crippen LogP contribution in [0, 0.1) is 13.8 Å². The Morgan fingerprint density at radius 1 is 1.22 bits per heavy atom. The molecule has 2 aromatic heterocycles. The summed E-state index contributed by atoms with van der Waals surface area (Å²) in [4.78, 5) is 38.6. The van der Waals surface area contributed by atoms with Gasteiger partial charge in [-0.05, 0) is 44.4 Å². The molecule has 0 bridgehead atoms. The number of benzene rings is 1. The summed E-state index contributed by atoms with van der Waals surface area (Å²) >= 11 is 1.23. The first-order valence-corrected chi connectivity index (χ1v) is 11.9. The largest absolute Gasteiger partial charge is 0.462 e. The second-order valence-corrected chi connectivity index (χ2v) is 9.32. The molecule has 0 aliphatic carbocycles. The van der Waals surface area contributed by atoms with Gasteiger partial charge >= 0.3 is 5.97 Å². The molecule has 1 saturated heterocycles. The summed E-state index contributed by atoms with van der Waals surface area (Å²) in [6.45, 7) is 12.8. The Labute approximate surface area is 192 Å². The number of hydrogen-bond acceptors (Lipinski definition) is 7. The first kappa shape index (κ1) is 22.6. The molecule has 7 nitrogen and oxygen atoms in total. The minimum absolute atomic E-state index is 0.0128. The molecule has 1 unspecified atom stereocenters. The van der Waals surface area contributed by atoms with Crippen LogP contribution >= 0.6 is 11.3 Å². The predicted octanol–water partition coefficient (Wildman–Crippen LogP) is 3.66. The Morgan fingerprint density at radius 3 is 2.62 bits per heavy atom. The third-order valence-corrected chi connectivity index (χ3v) is 7.45. The van der Waals surface area contributed by atoms with E-state index in [1.165, 1.54) is 22.5 Å². The fourth-order valence-electron chi connectivity index (χ4n) is 4.26. The maximum Gasteiger partial charge on any atom is 0.348 e. The fraction of sp³-hybridized carbons (Fsp3) is 0.458. The molecule has 0 radical (unpaired) electrons. The Balaban J connectivity index is 1.48. The van der Waals surface area contributed by atoms with E-state index in [1.54, 1.807) is 13.8 Å². The lowest BCUT2D eigenvalue weighted by atomic mass is 10.1. The molecule has 1 atom stereocenters. The van der Waals surface area contributed by atoms with Crippen LogP contribution in [0.15, 0.2) is 29.1 Å². The number of hydrogen-bond donors (Lipinski definition) is 1. The lowest BCUT2D eigenvalue weighted by Crippen LogP contribution is -2.47. The van der Waals surface area contributed by atoms with Gasteiger partial charge in [0.2, 0.25) is 0 Å². The van der Waals surface area contributed by atoms with E-state index >= 15 is 0 Å². The van der Waals surface area contributed by atoms with E-state index in [2.05, 4.69) is 52.9 Å². The van der Waals surface area contributed by atoms with E-state index in [0.29, 0.717) is 33.1 Å². The number of ether oxygens (including phenoxy) is 1. The summed E-state index contributed by atoms with van der Waals surface area (Å²) in [5.41, 5.74) is 3.14. The number of aryl methyl sites for hydroxylation is 2. The van der Waals surface area contributed by atoms with Crippen LogP contribution in [0.5, 0.6) is 0 Å². The van der Waals surface area contributed by atoms with Crippen molar-refractivity contribution in [2.45, 2.75) is 40.3 Å². The van der Waals surface area contributed by atoms with Crippen molar-refractivity contribution >= 4 is 27.5 Å². The molecule has 8 heteroatoms. The highest BCUT2D eigenvalue weighted by Gasteiger charge is 2.26. The number of rotatable bonds is 6. The number of H-pyrrole nitrogens is 1. The molecule has 1 aromatic carbocycles. The minimum Gasteiger partial charge on any atom is -0.462 e. The summed E-state index contributed by atoms with van der Waals surface area (Å²) in [6.07, 6.45) is 0. The van der Waals surface area contributed by atoms with Crippen molar-refractivity contribution in [3.8, 4) is 0 Å². The van der Waals surface area contributed by atoms with Gasteiger partial charge in [-0.3, -0.25) is 14.6 Å². The van der Waals surface area contributed by atoms with Crippen molar-refractivity contribution in [3.63, 3.8) is 0 Å². The number of esters is 1. The molecular formula is C24H30N4O3S. The van der Waals surface area contributed by atoms with Crippen LogP contribution < -0.4 is 5.56 Å². The van der Waals surface area contributed by atoms with Gasteiger partial charge in [0.1, 0.15) is 15.5 Å². The zero-order valence-corrected chi connectivity index (χ0v) is 19.9. The van der Waals surface area contributed by atoms with Crippen molar-refractivity contribution in [3.05, 3.63) is 62.0 Å². The lowest BCUT2D eigenvalue weighted by molar-refractivity contribution is 0.0531. The molecule has 3 aromatic rings. The third-order valence-electron chi connectivity index (χ3n) is 6.29. The lowest BCUT2D eigenvalue weighted by Gasteiger charge is -2.37. The molecule has 1 fully saturated rings. The highest BCUT2D eigenvalue weighted by molar-refractivity contribution is 7.20. The van der Waals surface area contributed by atoms with Gasteiger partial charge in [0.15, 0.2) is 0 Å². The number of piperazine rings is 1. The van der Waals surface area contributed by atoms with Gasteiger partial charge in [0.25, 0.3) is 5.56 Å². The van der Waals surface area contributed by atoms with E-state index in [1.807, 2.05) is 0 Å². The third kappa shape index (κ3) is 4.48. The Bertz CT molecular complexity index is 1180. The maximum absolute atomic E-state index is 12.8. The SMILES string of the molecule is CCOC(=O)c1sc2nc(C(C)N3CCN(Cc4ccccc4C)CC3)[nH]c(=O)c2c1C. The van der Waals surface area contributed by atoms with Crippen LogP contribution in [-0.2, 0) is 11.3 Å². The fourth-order valence-corrected chi connectivity index (χ4v) is 5.34. The zero-order chi connectivity index (χ0) is 22.8. The molecule has 1 N–H and O–H groups in total. The van der Waals surface area contributed by atoms with E-state index in [4.69, 9.17) is 9.72 Å². The monoisotopic (exact) mass is 454 g/mol. The van der Waals surface area contributed by atoms with Crippen molar-refractivity contribution in [1.82, 2.24) is 19.8 Å². The number of thiophene rings is 1. The molecule has 1 aliphatic rings. The highest BCUT2D eigenvalue weighted by Crippen LogP contribution is 2.29. The topological polar surface area (TPSA) is 78.5 Å². The first-order chi connectivity index (χ1) is 15.4. The zero-order valence-electron chi connectivity index (χ0n) is 19.1. The summed E-state index contributed by atoms with van der Waals surface area (Å²) in [6, 6.07) is 8.51. The smallest absolute Gasteiger partial charge is 0.348 e. The normalized spacial score (nSPS) is 16.4. The Morgan fingerprint density at radius 2 is 1.94 bits per heavy atom. The van der Waals surface area contributed by atoms with Crippen LogP contribution in [-0.4, -0.2) is 58.5 Å². The van der Waals surface area contributed by atoms with E-state index in [9.17, 15) is 9.59 Å². The van der Waals surface area contributed by atoms with Gasteiger partial charge in [0, 0.05) is 32.7 Å². The molecule has 1 aliphatic heterocycles. The van der Waals surface area contributed by atoms with Crippen LogP contribution in [0.2, 0.25) is 0 Å². The number of carbonyl (C=O) groups excluding carboxylic acids is 1. The Kier molecular flexibility index (Phi) is 6.74. The summed E-state index contributed by atoms with van der Waals surface area (Å²) in [5, 5.41) is 0.483. The second kappa shape index (κ2) is 9.52. The molecule has 170 valence electrons. The molecule has 0 amide bonds. The van der Waals surface area contributed by atoms with Gasteiger partial charge in [0.05, 0.1) is 18.0 Å². The summed E-state index contributed by atoms with van der Waals surface area (Å²) in [7, 11) is 0. The van der Waals surface area contributed by atoms with Crippen LogP contribution in [0.25, 0.3) is 10.2 Å². The second-order valence-electron chi connectivity index (χ2n) is 8.32. The van der Waals surface area contributed by atoms with Gasteiger partial charge in [-0.15, -0.1) is 11.3 Å². The van der Waals surface area contributed by atoms with Crippen LogP contribution in [0.3, 0.4) is 0 Å². The van der Waals surface area contributed by atoms with Gasteiger partial charge in [-0.2, -0.15) is 0 Å². The van der Waals surface area contributed by atoms with Gasteiger partial charge in [-0.25, -0.2) is 9.78 Å². The van der Waals surface area contributed by atoms with E-state index < -0.39 is 5.97 Å². The average molecular weight is 455 g/mol. The molecule has 0 saturated carbocycles. The standard InChI is InChI=1S/C24H30N4O3S/c1-5-31-24(30)20-16(3)19-22(29)25-21(26-23(19)32-20)17(4)28-12-10-27(11-13-28)14-18-9-7-6-8-15(18)2/h6-9,17H,5,10-14H2,1-4H3,(H,25,26,29). The van der Waals surface area contributed by atoms with E-state index in [0.717, 1.165) is 32.7 Å². The van der Waals surface area contributed by atoms with Crippen molar-refractivity contribution in [1.29, 1.82) is 0 Å². The number of nitrogens with zero attached hydrogens (tertiary/aromatic N) is 3. The average Bonchev–Trinajstić information content (AvgIpc) is 3.12. The van der Waals surface area contributed by atoms with Crippen LogP contribution in [0.4, 0.5) is 0 Å². The molecule has 4 rings (SSSR count). The number of aromatic nitrogens is 2. The van der Waals surface area contributed by atoms with Crippen molar-refractivity contribution in [2.75, 3.05) is 32.8 Å². The van der Waals surface area contributed by atoms with Crippen molar-refractivity contribution in [2.24, 2.45) is 0 Å². The van der Waals surface area contributed by atoms with Crippen LogP contribution in [0.1, 0.15) is 52.1 Å². The summed E-state index contributed by atoms with van der Waals surface area (Å²) in [5.74, 6) is 0.248. The summed E-state index contributed by atoms with van der Waals surface area (Å²) < 4.78 is 5.13. The molecule has 32 heavy (non-hydrogen) atoms. The number of nitrogens with one attached hydrogen (secondary N) is 1. The number of carbonyl (C=O) groups is 1. The number of aromatic amines is 1. The van der Waals surface area contributed by atoms with Crippen molar-refractivity contribution < 1.29 is 9.53 Å². The van der Waals surface area contributed by atoms with E-state index in [-0.39, 0.29) is 11.6 Å². The quantitative estimate of drug-likeness (QED) is 0.573. The molecule has 3 heterocycles. The predicted molar refractivity (Wildman–Crippen MR) is 127 cm³/mol. The van der Waals surface area contributed by atoms with Gasteiger partial charge in [-0.1, -0.05) is 24.3 Å². The van der Waals surface area contributed by atoms with Gasteiger partial charge < -0.3 is 9.72 Å². The number of fused-ring (bicyclic) bond motifs is 1. The first-order valence-electron chi connectivity index (χ1n) is 11.1. The molecule has 0 spiro atoms.